The number of carboxylic acid groups (broad SMARTS) is 1. The first kappa shape index (κ1) is 6.15. The minimum absolute atomic E-state index is 0.145. The number of hydrogen-bond donors (Lipinski definition) is 1. The van der Waals surface area contributed by atoms with Crippen molar-refractivity contribution >= 4 is 22.7 Å². The molecule has 0 aromatic rings. The predicted octanol–water partition coefficient (Wildman–Crippen LogP) is -0.297. The lowest BCUT2D eigenvalue weighted by molar-refractivity contribution is -0.129. The van der Waals surface area contributed by atoms with Crippen LogP contribution in [-0.2, 0) is 15.8 Å². The molecule has 0 radical (unpaired) electrons. The summed E-state index contributed by atoms with van der Waals surface area (Å²) < 4.78 is 13.6. The highest BCUT2D eigenvalue weighted by Crippen LogP contribution is 1.99. The molecule has 1 aliphatic rings. The molecular formula is C4H3NO3S. The van der Waals surface area contributed by atoms with Crippen molar-refractivity contribution in [2.75, 3.05) is 0 Å². The van der Waals surface area contributed by atoms with Gasteiger partial charge in [0.1, 0.15) is 0 Å². The maximum Gasteiger partial charge on any atom is 0.355 e. The average Bonchev–Trinajstić information content (AvgIpc) is 2.14. The fourth-order valence-corrected chi connectivity index (χ4v) is 1.03. The van der Waals surface area contributed by atoms with Crippen molar-refractivity contribution < 1.29 is 14.1 Å². The van der Waals surface area contributed by atoms with Gasteiger partial charge in [-0.25, -0.2) is 9.00 Å². The summed E-state index contributed by atoms with van der Waals surface area (Å²) >= 11 is 0. The lowest BCUT2D eigenvalue weighted by Gasteiger charge is -1.81. The maximum absolute atomic E-state index is 10.3. The highest BCUT2D eigenvalue weighted by molar-refractivity contribution is 7.87. The highest BCUT2D eigenvalue weighted by atomic mass is 32.2. The first-order chi connectivity index (χ1) is 4.20. The molecule has 0 fully saturated rings. The van der Waals surface area contributed by atoms with Crippen LogP contribution in [0.3, 0.4) is 0 Å². The first-order valence-electron chi connectivity index (χ1n) is 2.11. The number of carbonyl (C=O) groups is 1. The Hall–Kier alpha value is -0.970. The van der Waals surface area contributed by atoms with E-state index in [9.17, 15) is 9.00 Å². The van der Waals surface area contributed by atoms with Gasteiger partial charge in [-0.3, -0.25) is 0 Å². The van der Waals surface area contributed by atoms with Gasteiger partial charge in [-0.2, -0.15) is 4.40 Å². The molecule has 0 saturated heterocycles. The van der Waals surface area contributed by atoms with Crippen LogP contribution in [-0.4, -0.2) is 21.0 Å². The van der Waals surface area contributed by atoms with Crippen LogP contribution in [0.1, 0.15) is 0 Å². The standard InChI is InChI=1S/C4H3NO3S/c6-4(7)3-1-2-9(8)5-3/h1-2H,(H,6,7). The molecule has 4 nitrogen and oxygen atoms in total. The van der Waals surface area contributed by atoms with Gasteiger partial charge in [0.25, 0.3) is 0 Å². The number of rotatable bonds is 1. The molecule has 0 aromatic carbocycles. The summed E-state index contributed by atoms with van der Waals surface area (Å²) in [6, 6.07) is 0. The van der Waals surface area contributed by atoms with Crippen molar-refractivity contribution in [2.24, 2.45) is 4.40 Å². The summed E-state index contributed by atoms with van der Waals surface area (Å²) in [7, 11) is -1.45. The molecule has 0 bridgehead atoms. The van der Waals surface area contributed by atoms with E-state index < -0.39 is 17.0 Å². The Morgan fingerprint density at radius 3 is 2.67 bits per heavy atom. The molecular weight excluding hydrogens is 142 g/mol. The summed E-state index contributed by atoms with van der Waals surface area (Å²) in [4.78, 5) is 10.0. The van der Waals surface area contributed by atoms with Gasteiger partial charge in [-0.15, -0.1) is 0 Å². The number of nitrogens with zero attached hydrogens (tertiary/aromatic N) is 1. The average molecular weight is 145 g/mol. The minimum atomic E-state index is -1.45. The van der Waals surface area contributed by atoms with E-state index in [4.69, 9.17) is 5.11 Å². The molecule has 0 aromatic heterocycles. The summed E-state index contributed by atoms with van der Waals surface area (Å²) in [5, 5.41) is 9.44. The van der Waals surface area contributed by atoms with Crippen molar-refractivity contribution in [1.29, 1.82) is 0 Å². The Morgan fingerprint density at radius 1 is 1.78 bits per heavy atom. The topological polar surface area (TPSA) is 66.7 Å². The van der Waals surface area contributed by atoms with Gasteiger partial charge in [0, 0.05) is 5.41 Å². The van der Waals surface area contributed by atoms with E-state index in [0.717, 1.165) is 0 Å². The third-order valence-electron chi connectivity index (χ3n) is 0.750. The van der Waals surface area contributed by atoms with E-state index in [1.54, 1.807) is 0 Å². The second kappa shape index (κ2) is 2.10. The van der Waals surface area contributed by atoms with E-state index in [2.05, 4.69) is 4.40 Å². The lowest BCUT2D eigenvalue weighted by Crippen LogP contribution is -2.07. The Labute approximate surface area is 53.5 Å². The summed E-state index contributed by atoms with van der Waals surface area (Å²) in [6.45, 7) is 0. The van der Waals surface area contributed by atoms with Crippen molar-refractivity contribution in [2.45, 2.75) is 0 Å². The zero-order valence-electron chi connectivity index (χ0n) is 4.27. The molecule has 1 unspecified atom stereocenters. The monoisotopic (exact) mass is 145 g/mol. The third-order valence-corrected chi connectivity index (χ3v) is 1.50. The third kappa shape index (κ3) is 1.23. The van der Waals surface area contributed by atoms with Crippen LogP contribution in [0, 0.1) is 0 Å². The molecule has 0 spiro atoms. The van der Waals surface area contributed by atoms with Gasteiger partial charge < -0.3 is 5.11 Å². The van der Waals surface area contributed by atoms with Gasteiger partial charge in [0.15, 0.2) is 16.7 Å². The van der Waals surface area contributed by atoms with Gasteiger partial charge in [-0.1, -0.05) is 0 Å². The molecule has 0 saturated carbocycles. The second-order valence-corrected chi connectivity index (χ2v) is 2.37. The van der Waals surface area contributed by atoms with Gasteiger partial charge in [0.2, 0.25) is 0 Å². The van der Waals surface area contributed by atoms with Crippen LogP contribution < -0.4 is 0 Å². The minimum Gasteiger partial charge on any atom is -0.476 e. The summed E-state index contributed by atoms with van der Waals surface area (Å²) in [6.07, 6.45) is 1.22. The fraction of sp³-hybridized carbons (Fsp3) is 0. The van der Waals surface area contributed by atoms with Crippen molar-refractivity contribution in [1.82, 2.24) is 0 Å². The van der Waals surface area contributed by atoms with Crippen molar-refractivity contribution in [3.05, 3.63) is 11.5 Å². The Kier molecular flexibility index (Phi) is 1.44. The molecule has 1 heterocycles. The molecule has 1 atom stereocenters. The van der Waals surface area contributed by atoms with Crippen LogP contribution in [0.5, 0.6) is 0 Å². The second-order valence-electron chi connectivity index (χ2n) is 1.36. The Balaban J connectivity index is 2.88. The lowest BCUT2D eigenvalue weighted by atomic mass is 10.4. The van der Waals surface area contributed by atoms with Crippen molar-refractivity contribution in [3.63, 3.8) is 0 Å². The SMILES string of the molecule is O=C(O)C1=NS(=O)C=C1. The van der Waals surface area contributed by atoms with E-state index in [1.165, 1.54) is 11.5 Å². The normalized spacial score (nSPS) is 24.0. The van der Waals surface area contributed by atoms with Gasteiger partial charge >= 0.3 is 5.97 Å². The van der Waals surface area contributed by atoms with Crippen LogP contribution in [0.15, 0.2) is 15.9 Å². The maximum atomic E-state index is 10.3. The quantitative estimate of drug-likeness (QED) is 0.551. The molecule has 9 heavy (non-hydrogen) atoms. The number of aliphatic carboxylic acids is 1. The zero-order valence-corrected chi connectivity index (χ0v) is 5.09. The molecule has 1 rings (SSSR count). The predicted molar refractivity (Wildman–Crippen MR) is 32.4 cm³/mol. The Morgan fingerprint density at radius 2 is 2.44 bits per heavy atom. The van der Waals surface area contributed by atoms with E-state index >= 15 is 0 Å². The number of hydrogen-bond acceptors (Lipinski definition) is 2. The molecule has 0 aliphatic carbocycles. The fourth-order valence-electron chi connectivity index (χ4n) is 0.391. The zero-order chi connectivity index (χ0) is 6.85. The largest absolute Gasteiger partial charge is 0.476 e. The van der Waals surface area contributed by atoms with Crippen LogP contribution in [0.4, 0.5) is 0 Å². The van der Waals surface area contributed by atoms with Gasteiger partial charge in [-0.05, 0) is 6.08 Å². The Bertz CT molecular complexity index is 230. The number of carboxylic acids is 1. The van der Waals surface area contributed by atoms with Gasteiger partial charge in [0.05, 0.1) is 0 Å². The van der Waals surface area contributed by atoms with Crippen LogP contribution in [0.25, 0.3) is 0 Å². The van der Waals surface area contributed by atoms with E-state index in [0.29, 0.717) is 0 Å². The molecule has 0 amide bonds. The molecule has 5 heteroatoms. The summed E-state index contributed by atoms with van der Waals surface area (Å²) in [5.74, 6) is -1.14. The van der Waals surface area contributed by atoms with E-state index in [-0.39, 0.29) is 5.71 Å². The molecule has 48 valence electrons. The van der Waals surface area contributed by atoms with E-state index in [1.807, 2.05) is 0 Å². The smallest absolute Gasteiger partial charge is 0.355 e. The first-order valence-corrected chi connectivity index (χ1v) is 3.28. The molecule has 1 aliphatic heterocycles. The molecule has 1 N–H and O–H groups in total. The van der Waals surface area contributed by atoms with Crippen LogP contribution in [0.2, 0.25) is 0 Å². The van der Waals surface area contributed by atoms with Crippen molar-refractivity contribution in [3.8, 4) is 0 Å². The highest BCUT2D eigenvalue weighted by Gasteiger charge is 2.11. The van der Waals surface area contributed by atoms with Crippen LogP contribution >= 0.6 is 0 Å². The summed E-state index contributed by atoms with van der Waals surface area (Å²) in [5.41, 5.74) is -0.145.